The fourth-order valence-corrected chi connectivity index (χ4v) is 1.51. The zero-order valence-corrected chi connectivity index (χ0v) is 10.0. The summed E-state index contributed by atoms with van der Waals surface area (Å²) in [6.07, 6.45) is 3.73. The van der Waals surface area contributed by atoms with E-state index in [0.717, 1.165) is 38.4 Å². The third kappa shape index (κ3) is 5.05. The van der Waals surface area contributed by atoms with Gasteiger partial charge in [0, 0.05) is 32.4 Å². The number of hydrogen-bond donors (Lipinski definition) is 1. The Labute approximate surface area is 98.2 Å². The van der Waals surface area contributed by atoms with Gasteiger partial charge in [-0.15, -0.1) is 6.58 Å². The van der Waals surface area contributed by atoms with Crippen LogP contribution in [0.15, 0.2) is 37.1 Å². The predicted octanol–water partition coefficient (Wildman–Crippen LogP) is 1.68. The van der Waals surface area contributed by atoms with Gasteiger partial charge in [-0.25, -0.2) is 0 Å². The summed E-state index contributed by atoms with van der Waals surface area (Å²) in [5.74, 6) is 0. The average molecular weight is 219 g/mol. The number of pyridine rings is 1. The predicted molar refractivity (Wildman–Crippen MR) is 68.3 cm³/mol. The van der Waals surface area contributed by atoms with Gasteiger partial charge in [-0.1, -0.05) is 19.1 Å². The summed E-state index contributed by atoms with van der Waals surface area (Å²) in [6, 6.07) is 6.05. The Morgan fingerprint density at radius 2 is 2.38 bits per heavy atom. The summed E-state index contributed by atoms with van der Waals surface area (Å²) in [6.45, 7) is 10.7. The third-order valence-corrected chi connectivity index (χ3v) is 2.45. The average Bonchev–Trinajstić information content (AvgIpc) is 2.34. The van der Waals surface area contributed by atoms with Crippen molar-refractivity contribution < 1.29 is 0 Å². The summed E-state index contributed by atoms with van der Waals surface area (Å²) in [7, 11) is 0. The van der Waals surface area contributed by atoms with Crippen molar-refractivity contribution in [2.45, 2.75) is 13.5 Å². The summed E-state index contributed by atoms with van der Waals surface area (Å²) in [5, 5.41) is 3.31. The van der Waals surface area contributed by atoms with E-state index in [-0.39, 0.29) is 0 Å². The van der Waals surface area contributed by atoms with E-state index < -0.39 is 0 Å². The smallest absolute Gasteiger partial charge is 0.0543 e. The number of aromatic nitrogens is 1. The van der Waals surface area contributed by atoms with E-state index in [1.54, 1.807) is 0 Å². The van der Waals surface area contributed by atoms with Gasteiger partial charge in [0.05, 0.1) is 5.69 Å². The first-order valence-electron chi connectivity index (χ1n) is 5.80. The Balaban J connectivity index is 2.29. The SMILES string of the molecule is C=CCNCCN(CC)Cc1ccccn1. The van der Waals surface area contributed by atoms with E-state index in [0.29, 0.717) is 0 Å². The van der Waals surface area contributed by atoms with Crippen molar-refractivity contribution in [3.05, 3.63) is 42.7 Å². The molecule has 0 saturated carbocycles. The molecule has 0 unspecified atom stereocenters. The van der Waals surface area contributed by atoms with Crippen LogP contribution in [0.25, 0.3) is 0 Å². The molecule has 0 aliphatic heterocycles. The van der Waals surface area contributed by atoms with Crippen LogP contribution in [0, 0.1) is 0 Å². The van der Waals surface area contributed by atoms with Crippen LogP contribution in [-0.2, 0) is 6.54 Å². The molecular formula is C13H21N3. The van der Waals surface area contributed by atoms with E-state index >= 15 is 0 Å². The minimum Gasteiger partial charge on any atom is -0.312 e. The second-order valence-corrected chi connectivity index (χ2v) is 3.68. The largest absolute Gasteiger partial charge is 0.312 e. The van der Waals surface area contributed by atoms with E-state index in [4.69, 9.17) is 0 Å². The van der Waals surface area contributed by atoms with Crippen LogP contribution in [0.2, 0.25) is 0 Å². The summed E-state index contributed by atoms with van der Waals surface area (Å²) in [5.41, 5.74) is 1.13. The molecule has 0 amide bonds. The molecule has 0 aliphatic carbocycles. The summed E-state index contributed by atoms with van der Waals surface area (Å²) < 4.78 is 0. The maximum atomic E-state index is 4.33. The van der Waals surface area contributed by atoms with Gasteiger partial charge in [0.15, 0.2) is 0 Å². The van der Waals surface area contributed by atoms with Gasteiger partial charge in [0.25, 0.3) is 0 Å². The van der Waals surface area contributed by atoms with Crippen molar-refractivity contribution in [2.24, 2.45) is 0 Å². The highest BCUT2D eigenvalue weighted by atomic mass is 15.1. The van der Waals surface area contributed by atoms with E-state index in [2.05, 4.69) is 34.8 Å². The number of rotatable bonds is 8. The maximum absolute atomic E-state index is 4.33. The fourth-order valence-electron chi connectivity index (χ4n) is 1.51. The van der Waals surface area contributed by atoms with Gasteiger partial charge in [0.2, 0.25) is 0 Å². The van der Waals surface area contributed by atoms with E-state index in [1.165, 1.54) is 0 Å². The van der Waals surface area contributed by atoms with Crippen LogP contribution in [0.4, 0.5) is 0 Å². The highest BCUT2D eigenvalue weighted by Crippen LogP contribution is 1.99. The van der Waals surface area contributed by atoms with Crippen molar-refractivity contribution in [1.29, 1.82) is 0 Å². The molecule has 1 N–H and O–H groups in total. The molecule has 0 saturated heterocycles. The number of likely N-dealkylation sites (N-methyl/N-ethyl adjacent to an activating group) is 1. The maximum Gasteiger partial charge on any atom is 0.0543 e. The Bertz CT molecular complexity index is 284. The zero-order valence-electron chi connectivity index (χ0n) is 10.0. The van der Waals surface area contributed by atoms with Gasteiger partial charge in [-0.2, -0.15) is 0 Å². The van der Waals surface area contributed by atoms with Crippen molar-refractivity contribution in [2.75, 3.05) is 26.2 Å². The van der Waals surface area contributed by atoms with Crippen LogP contribution in [0.5, 0.6) is 0 Å². The van der Waals surface area contributed by atoms with Crippen molar-refractivity contribution in [3.63, 3.8) is 0 Å². The first-order chi connectivity index (χ1) is 7.86. The lowest BCUT2D eigenvalue weighted by molar-refractivity contribution is 0.277. The monoisotopic (exact) mass is 219 g/mol. The Kier molecular flexibility index (Phi) is 6.45. The summed E-state index contributed by atoms with van der Waals surface area (Å²) >= 11 is 0. The minimum absolute atomic E-state index is 0.876. The lowest BCUT2D eigenvalue weighted by atomic mass is 10.3. The number of nitrogens with zero attached hydrogens (tertiary/aromatic N) is 2. The third-order valence-electron chi connectivity index (χ3n) is 2.45. The molecule has 0 aromatic carbocycles. The molecule has 1 aromatic heterocycles. The summed E-state index contributed by atoms with van der Waals surface area (Å²) in [4.78, 5) is 6.71. The van der Waals surface area contributed by atoms with Crippen LogP contribution in [0.3, 0.4) is 0 Å². The van der Waals surface area contributed by atoms with Crippen LogP contribution in [0.1, 0.15) is 12.6 Å². The molecular weight excluding hydrogens is 198 g/mol. The lowest BCUT2D eigenvalue weighted by Gasteiger charge is -2.19. The van der Waals surface area contributed by atoms with Gasteiger partial charge in [-0.05, 0) is 18.7 Å². The van der Waals surface area contributed by atoms with Gasteiger partial charge in [0.1, 0.15) is 0 Å². The fraction of sp³-hybridized carbons (Fsp3) is 0.462. The molecule has 3 heteroatoms. The van der Waals surface area contributed by atoms with Crippen LogP contribution in [-0.4, -0.2) is 36.1 Å². The van der Waals surface area contributed by atoms with Gasteiger partial charge >= 0.3 is 0 Å². The molecule has 88 valence electrons. The molecule has 0 bridgehead atoms. The zero-order chi connectivity index (χ0) is 11.6. The second-order valence-electron chi connectivity index (χ2n) is 3.68. The first kappa shape index (κ1) is 12.9. The standard InChI is InChI=1S/C13H21N3/c1-3-8-14-10-11-16(4-2)12-13-7-5-6-9-15-13/h3,5-7,9,14H,1,4,8,10-12H2,2H3. The minimum atomic E-state index is 0.876. The molecule has 1 heterocycles. The molecule has 0 aliphatic rings. The number of nitrogens with one attached hydrogen (secondary N) is 1. The Hall–Kier alpha value is -1.19. The van der Waals surface area contributed by atoms with Crippen molar-refractivity contribution in [1.82, 2.24) is 15.2 Å². The molecule has 3 nitrogen and oxygen atoms in total. The topological polar surface area (TPSA) is 28.2 Å². The Morgan fingerprint density at radius 1 is 1.50 bits per heavy atom. The lowest BCUT2D eigenvalue weighted by Crippen LogP contribution is -2.32. The van der Waals surface area contributed by atoms with Crippen LogP contribution < -0.4 is 5.32 Å². The van der Waals surface area contributed by atoms with Gasteiger partial charge < -0.3 is 5.32 Å². The Morgan fingerprint density at radius 3 is 3.00 bits per heavy atom. The first-order valence-corrected chi connectivity index (χ1v) is 5.80. The van der Waals surface area contributed by atoms with Crippen LogP contribution >= 0.6 is 0 Å². The molecule has 0 fully saturated rings. The van der Waals surface area contributed by atoms with Gasteiger partial charge in [-0.3, -0.25) is 9.88 Å². The highest BCUT2D eigenvalue weighted by Gasteiger charge is 2.03. The molecule has 1 rings (SSSR count). The molecule has 1 aromatic rings. The quantitative estimate of drug-likeness (QED) is 0.532. The highest BCUT2D eigenvalue weighted by molar-refractivity contribution is 5.03. The number of hydrogen-bond acceptors (Lipinski definition) is 3. The molecule has 0 atom stereocenters. The van der Waals surface area contributed by atoms with Crippen molar-refractivity contribution in [3.8, 4) is 0 Å². The van der Waals surface area contributed by atoms with E-state index in [9.17, 15) is 0 Å². The second kappa shape index (κ2) is 8.02. The molecule has 16 heavy (non-hydrogen) atoms. The van der Waals surface area contributed by atoms with E-state index in [1.807, 2.05) is 24.4 Å². The van der Waals surface area contributed by atoms with Crippen molar-refractivity contribution >= 4 is 0 Å². The molecule has 0 radical (unpaired) electrons. The normalized spacial score (nSPS) is 10.6. The molecule has 0 spiro atoms.